The Balaban J connectivity index is 2.44. The molecule has 0 atom stereocenters. The molecule has 1 aliphatic rings. The molecular formula is C14H24O. The number of hydrogen-bond acceptors (Lipinski definition) is 1. The highest BCUT2D eigenvalue weighted by Crippen LogP contribution is 2.27. The molecule has 1 nitrogen and oxygen atoms in total. The van der Waals surface area contributed by atoms with Crippen LogP contribution in [-0.2, 0) is 4.79 Å². The zero-order chi connectivity index (χ0) is 11.1. The second-order valence-corrected chi connectivity index (χ2v) is 4.75. The van der Waals surface area contributed by atoms with E-state index in [4.69, 9.17) is 0 Å². The lowest BCUT2D eigenvalue weighted by molar-refractivity contribution is -0.113. The minimum absolute atomic E-state index is 0.290. The first-order valence-corrected chi connectivity index (χ1v) is 6.45. The van der Waals surface area contributed by atoms with Gasteiger partial charge in [0.1, 0.15) is 0 Å². The second-order valence-electron chi connectivity index (χ2n) is 4.75. The molecule has 0 saturated heterocycles. The first kappa shape index (κ1) is 12.5. The molecule has 0 aromatic carbocycles. The van der Waals surface area contributed by atoms with Gasteiger partial charge in [-0.25, -0.2) is 0 Å². The van der Waals surface area contributed by atoms with E-state index in [1.807, 2.05) is 0 Å². The third kappa shape index (κ3) is 4.63. The fraction of sp³-hybridized carbons (Fsp3) is 0.786. The molecular weight excluding hydrogens is 184 g/mol. The first-order chi connectivity index (χ1) is 7.24. The second kappa shape index (κ2) is 6.81. The molecule has 1 fully saturated rings. The van der Waals surface area contributed by atoms with Crippen LogP contribution in [0.2, 0.25) is 0 Å². The summed E-state index contributed by atoms with van der Waals surface area (Å²) in [7, 11) is 0. The van der Waals surface area contributed by atoms with Crippen molar-refractivity contribution in [3.8, 4) is 0 Å². The quantitative estimate of drug-likeness (QED) is 0.470. The van der Waals surface area contributed by atoms with Gasteiger partial charge in [-0.1, -0.05) is 38.7 Å². The third-order valence-corrected chi connectivity index (χ3v) is 3.34. The molecule has 1 rings (SSSR count). The van der Waals surface area contributed by atoms with Gasteiger partial charge in [-0.2, -0.15) is 0 Å². The topological polar surface area (TPSA) is 17.1 Å². The monoisotopic (exact) mass is 208 g/mol. The summed E-state index contributed by atoms with van der Waals surface area (Å²) in [5, 5.41) is 0. The Bertz CT molecular complexity index is 221. The van der Waals surface area contributed by atoms with Gasteiger partial charge in [0.15, 0.2) is 5.78 Å². The summed E-state index contributed by atoms with van der Waals surface area (Å²) >= 11 is 0. The van der Waals surface area contributed by atoms with Crippen molar-refractivity contribution in [3.05, 3.63) is 11.6 Å². The lowest BCUT2D eigenvalue weighted by Gasteiger charge is -2.07. The van der Waals surface area contributed by atoms with Gasteiger partial charge >= 0.3 is 0 Å². The third-order valence-electron chi connectivity index (χ3n) is 3.34. The smallest absolute Gasteiger partial charge is 0.155 e. The number of hydrogen-bond donors (Lipinski definition) is 0. The summed E-state index contributed by atoms with van der Waals surface area (Å²) in [5.74, 6) is 0.989. The molecule has 0 aromatic rings. The summed E-state index contributed by atoms with van der Waals surface area (Å²) in [6, 6.07) is 0. The van der Waals surface area contributed by atoms with Crippen molar-refractivity contribution < 1.29 is 4.79 Å². The van der Waals surface area contributed by atoms with Crippen molar-refractivity contribution in [1.29, 1.82) is 0 Å². The average molecular weight is 208 g/mol. The van der Waals surface area contributed by atoms with Gasteiger partial charge in [-0.3, -0.25) is 4.79 Å². The van der Waals surface area contributed by atoms with Crippen LogP contribution in [0.25, 0.3) is 0 Å². The van der Waals surface area contributed by atoms with Crippen LogP contribution in [0.1, 0.15) is 65.2 Å². The Kier molecular flexibility index (Phi) is 5.67. The average Bonchev–Trinajstić information content (AvgIpc) is 2.69. The van der Waals surface area contributed by atoms with Gasteiger partial charge in [-0.15, -0.1) is 0 Å². The van der Waals surface area contributed by atoms with E-state index in [0.29, 0.717) is 5.92 Å². The number of carbonyl (C=O) groups excluding carboxylic acids is 1. The van der Waals surface area contributed by atoms with Gasteiger partial charge in [0.05, 0.1) is 0 Å². The number of ketones is 1. The molecule has 0 radical (unpaired) electrons. The van der Waals surface area contributed by atoms with Crippen LogP contribution in [0.5, 0.6) is 0 Å². The minimum Gasteiger partial charge on any atom is -0.295 e. The normalized spacial score (nSPS) is 18.4. The Morgan fingerprint density at radius 1 is 1.27 bits per heavy atom. The Morgan fingerprint density at radius 3 is 2.47 bits per heavy atom. The van der Waals surface area contributed by atoms with E-state index < -0.39 is 0 Å². The van der Waals surface area contributed by atoms with E-state index in [9.17, 15) is 4.79 Å². The molecule has 0 heterocycles. The summed E-state index contributed by atoms with van der Waals surface area (Å²) in [5.41, 5.74) is 1.09. The van der Waals surface area contributed by atoms with E-state index in [2.05, 4.69) is 13.0 Å². The molecule has 0 unspecified atom stereocenters. The van der Waals surface area contributed by atoms with Gasteiger partial charge in [-0.05, 0) is 44.1 Å². The number of allylic oxidation sites excluding steroid dienone is 2. The molecule has 0 bridgehead atoms. The Labute approximate surface area is 93.9 Å². The molecule has 86 valence electrons. The van der Waals surface area contributed by atoms with Crippen molar-refractivity contribution in [2.45, 2.75) is 65.2 Å². The van der Waals surface area contributed by atoms with Crippen molar-refractivity contribution in [2.24, 2.45) is 5.92 Å². The molecule has 1 aliphatic carbocycles. The highest BCUT2D eigenvalue weighted by atomic mass is 16.1. The standard InChI is InChI=1S/C14H24O/c1-3-4-5-10-14(12(2)15)11-13-8-6-7-9-13/h11,13H,3-10H2,1-2H3. The number of unbranched alkanes of at least 4 members (excludes halogenated alkanes) is 2. The van der Waals surface area contributed by atoms with Gasteiger partial charge in [0.25, 0.3) is 0 Å². The molecule has 0 aliphatic heterocycles. The minimum atomic E-state index is 0.290. The van der Waals surface area contributed by atoms with Crippen LogP contribution in [0.4, 0.5) is 0 Å². The van der Waals surface area contributed by atoms with Crippen LogP contribution in [0.3, 0.4) is 0 Å². The van der Waals surface area contributed by atoms with E-state index in [1.165, 1.54) is 44.9 Å². The fourth-order valence-corrected chi connectivity index (χ4v) is 2.35. The summed E-state index contributed by atoms with van der Waals surface area (Å²) in [6.07, 6.45) is 12.2. The maximum atomic E-state index is 11.5. The van der Waals surface area contributed by atoms with Crippen LogP contribution in [-0.4, -0.2) is 5.78 Å². The molecule has 1 heteroatoms. The summed E-state index contributed by atoms with van der Waals surface area (Å²) < 4.78 is 0. The summed E-state index contributed by atoms with van der Waals surface area (Å²) in [6.45, 7) is 3.92. The molecule has 15 heavy (non-hydrogen) atoms. The van der Waals surface area contributed by atoms with Crippen LogP contribution >= 0.6 is 0 Å². The molecule has 0 amide bonds. The lowest BCUT2D eigenvalue weighted by atomic mass is 9.98. The van der Waals surface area contributed by atoms with Gasteiger partial charge in [0, 0.05) is 0 Å². The molecule has 0 N–H and O–H groups in total. The number of Topliss-reactive ketones (excluding diaryl/α,β-unsaturated/α-hetero) is 1. The Hall–Kier alpha value is -0.590. The maximum absolute atomic E-state index is 11.5. The predicted molar refractivity (Wildman–Crippen MR) is 64.9 cm³/mol. The van der Waals surface area contributed by atoms with Gasteiger partial charge < -0.3 is 0 Å². The first-order valence-electron chi connectivity index (χ1n) is 6.45. The largest absolute Gasteiger partial charge is 0.295 e. The van der Waals surface area contributed by atoms with E-state index in [1.54, 1.807) is 6.92 Å². The highest BCUT2D eigenvalue weighted by Gasteiger charge is 2.14. The number of carbonyl (C=O) groups is 1. The van der Waals surface area contributed by atoms with E-state index in [0.717, 1.165) is 12.0 Å². The maximum Gasteiger partial charge on any atom is 0.155 e. The lowest BCUT2D eigenvalue weighted by Crippen LogP contribution is -2.00. The van der Waals surface area contributed by atoms with Crippen LogP contribution < -0.4 is 0 Å². The van der Waals surface area contributed by atoms with E-state index >= 15 is 0 Å². The van der Waals surface area contributed by atoms with Crippen LogP contribution in [0, 0.1) is 5.92 Å². The molecule has 0 spiro atoms. The fourth-order valence-electron chi connectivity index (χ4n) is 2.35. The predicted octanol–water partition coefficient (Wildman–Crippen LogP) is 4.27. The van der Waals surface area contributed by atoms with Crippen molar-refractivity contribution >= 4 is 5.78 Å². The summed E-state index contributed by atoms with van der Waals surface area (Å²) in [4.78, 5) is 11.5. The van der Waals surface area contributed by atoms with Gasteiger partial charge in [0.2, 0.25) is 0 Å². The zero-order valence-corrected chi connectivity index (χ0v) is 10.2. The Morgan fingerprint density at radius 2 is 1.93 bits per heavy atom. The van der Waals surface area contributed by atoms with E-state index in [-0.39, 0.29) is 5.78 Å². The van der Waals surface area contributed by atoms with Crippen molar-refractivity contribution in [3.63, 3.8) is 0 Å². The van der Waals surface area contributed by atoms with Crippen molar-refractivity contribution in [1.82, 2.24) is 0 Å². The number of rotatable bonds is 6. The molecule has 0 aromatic heterocycles. The molecule has 1 saturated carbocycles. The van der Waals surface area contributed by atoms with Crippen LogP contribution in [0.15, 0.2) is 11.6 Å². The highest BCUT2D eigenvalue weighted by molar-refractivity contribution is 5.93. The zero-order valence-electron chi connectivity index (χ0n) is 10.2. The SMILES string of the molecule is CCCCCC(=CC1CCCC1)C(C)=O. The van der Waals surface area contributed by atoms with Crippen molar-refractivity contribution in [2.75, 3.05) is 0 Å².